The molecule has 4 rings (SSSR count). The average Bonchev–Trinajstić information content (AvgIpc) is 3.29. The van der Waals surface area contributed by atoms with E-state index in [1.165, 1.54) is 12.1 Å². The lowest BCUT2D eigenvalue weighted by Crippen LogP contribution is -2.40. The van der Waals surface area contributed by atoms with Crippen molar-refractivity contribution in [3.63, 3.8) is 0 Å². The predicted molar refractivity (Wildman–Crippen MR) is 100 cm³/mol. The number of ether oxygens (including phenoxy) is 2. The lowest BCUT2D eigenvalue weighted by molar-refractivity contribution is -0.131. The Kier molecular flexibility index (Phi) is 5.92. The minimum Gasteiger partial charge on any atom is -0.381 e. The van der Waals surface area contributed by atoms with Gasteiger partial charge in [-0.05, 0) is 42.9 Å². The van der Waals surface area contributed by atoms with E-state index in [-0.39, 0.29) is 42.1 Å². The van der Waals surface area contributed by atoms with Crippen LogP contribution in [0.5, 0.6) is 0 Å². The molecule has 1 aromatic carbocycles. The summed E-state index contributed by atoms with van der Waals surface area (Å²) in [5, 5.41) is 3.06. The van der Waals surface area contributed by atoms with E-state index in [0.29, 0.717) is 31.2 Å². The number of amides is 2. The molecule has 3 unspecified atom stereocenters. The lowest BCUT2D eigenvalue weighted by atomic mass is 9.98. The summed E-state index contributed by atoms with van der Waals surface area (Å²) in [6.45, 7) is 3.07. The molecular formula is C21H27FN2O4. The van der Waals surface area contributed by atoms with Gasteiger partial charge in [0.15, 0.2) is 0 Å². The summed E-state index contributed by atoms with van der Waals surface area (Å²) in [5.41, 5.74) is 0.646. The normalized spacial score (nSPS) is 27.6. The van der Waals surface area contributed by atoms with Crippen molar-refractivity contribution in [3.8, 4) is 0 Å². The molecule has 3 atom stereocenters. The van der Waals surface area contributed by atoms with Crippen LogP contribution in [0.25, 0.3) is 0 Å². The van der Waals surface area contributed by atoms with E-state index in [4.69, 9.17) is 9.47 Å². The number of benzene rings is 1. The topological polar surface area (TPSA) is 67.9 Å². The van der Waals surface area contributed by atoms with E-state index < -0.39 is 0 Å². The van der Waals surface area contributed by atoms with E-state index in [9.17, 15) is 14.0 Å². The fraction of sp³-hybridized carbons (Fsp3) is 0.619. The number of likely N-dealkylation sites (tertiary alicyclic amines) is 1. The van der Waals surface area contributed by atoms with Crippen LogP contribution in [0, 0.1) is 17.7 Å². The molecule has 6 nitrogen and oxygen atoms in total. The van der Waals surface area contributed by atoms with Crippen molar-refractivity contribution in [2.45, 2.75) is 37.8 Å². The second kappa shape index (κ2) is 8.57. The lowest BCUT2D eigenvalue weighted by Gasteiger charge is -2.23. The SMILES string of the molecule is O=C(NCC1CCOCC1)C1CN(C(=O)Cc2cccc(F)c2)C2CCOC12. The number of fused-ring (bicyclic) bond motifs is 1. The van der Waals surface area contributed by atoms with Gasteiger partial charge in [-0.25, -0.2) is 4.39 Å². The summed E-state index contributed by atoms with van der Waals surface area (Å²) in [6, 6.07) is 6.03. The molecule has 3 fully saturated rings. The molecule has 0 aromatic heterocycles. The molecule has 0 radical (unpaired) electrons. The zero-order chi connectivity index (χ0) is 19.5. The molecule has 3 aliphatic rings. The van der Waals surface area contributed by atoms with Gasteiger partial charge in [0, 0.05) is 32.9 Å². The van der Waals surface area contributed by atoms with Gasteiger partial charge in [0.25, 0.3) is 0 Å². The first kappa shape index (κ1) is 19.3. The van der Waals surface area contributed by atoms with Crippen molar-refractivity contribution in [1.82, 2.24) is 10.2 Å². The van der Waals surface area contributed by atoms with Crippen LogP contribution in [0.3, 0.4) is 0 Å². The molecule has 0 bridgehead atoms. The third-order valence-electron chi connectivity index (χ3n) is 6.10. The molecule has 152 valence electrons. The Labute approximate surface area is 164 Å². The van der Waals surface area contributed by atoms with Crippen LogP contribution in [-0.2, 0) is 25.5 Å². The summed E-state index contributed by atoms with van der Waals surface area (Å²) in [7, 11) is 0. The summed E-state index contributed by atoms with van der Waals surface area (Å²) in [5.74, 6) is -0.358. The highest BCUT2D eigenvalue weighted by atomic mass is 19.1. The van der Waals surface area contributed by atoms with Crippen LogP contribution < -0.4 is 5.32 Å². The van der Waals surface area contributed by atoms with Crippen molar-refractivity contribution >= 4 is 11.8 Å². The van der Waals surface area contributed by atoms with E-state index in [0.717, 1.165) is 32.5 Å². The molecule has 3 heterocycles. The molecular weight excluding hydrogens is 363 g/mol. The summed E-state index contributed by atoms with van der Waals surface area (Å²) >= 11 is 0. The van der Waals surface area contributed by atoms with E-state index in [1.807, 2.05) is 0 Å². The quantitative estimate of drug-likeness (QED) is 0.828. The predicted octanol–water partition coefficient (Wildman–Crippen LogP) is 1.53. The molecule has 28 heavy (non-hydrogen) atoms. The largest absolute Gasteiger partial charge is 0.381 e. The minimum absolute atomic E-state index is 0.0375. The van der Waals surface area contributed by atoms with E-state index >= 15 is 0 Å². The fourth-order valence-electron chi connectivity index (χ4n) is 4.54. The van der Waals surface area contributed by atoms with Gasteiger partial charge < -0.3 is 19.7 Å². The molecule has 0 aliphatic carbocycles. The van der Waals surface area contributed by atoms with Crippen LogP contribution in [0.15, 0.2) is 24.3 Å². The second-order valence-electron chi connectivity index (χ2n) is 7.95. The molecule has 7 heteroatoms. The van der Waals surface area contributed by atoms with Crippen molar-refractivity contribution < 1.29 is 23.5 Å². The molecule has 3 aliphatic heterocycles. The van der Waals surface area contributed by atoms with Crippen molar-refractivity contribution in [2.24, 2.45) is 11.8 Å². The summed E-state index contributed by atoms with van der Waals surface area (Å²) < 4.78 is 24.6. The van der Waals surface area contributed by atoms with Crippen LogP contribution in [0.1, 0.15) is 24.8 Å². The maximum absolute atomic E-state index is 13.4. The number of hydrogen-bond donors (Lipinski definition) is 1. The van der Waals surface area contributed by atoms with Crippen molar-refractivity contribution in [1.29, 1.82) is 0 Å². The molecule has 3 saturated heterocycles. The summed E-state index contributed by atoms with van der Waals surface area (Å²) in [6.07, 6.45) is 2.56. The highest BCUT2D eigenvalue weighted by Gasteiger charge is 2.50. The highest BCUT2D eigenvalue weighted by Crippen LogP contribution is 2.34. The average molecular weight is 390 g/mol. The smallest absolute Gasteiger partial charge is 0.227 e. The van der Waals surface area contributed by atoms with Crippen molar-refractivity contribution in [2.75, 3.05) is 32.9 Å². The zero-order valence-corrected chi connectivity index (χ0v) is 15.9. The van der Waals surface area contributed by atoms with Gasteiger partial charge in [-0.2, -0.15) is 0 Å². The first-order valence-electron chi connectivity index (χ1n) is 10.1. The maximum atomic E-state index is 13.4. The molecule has 1 N–H and O–H groups in total. The standard InChI is InChI=1S/C21H27FN2O4/c22-16-3-1-2-15(10-16)11-19(25)24-13-17(20-18(24)6-9-28-20)21(26)23-12-14-4-7-27-8-5-14/h1-3,10,14,17-18,20H,4-9,11-13H2,(H,23,26). The Morgan fingerprint density at radius 3 is 2.79 bits per heavy atom. The number of hydrogen-bond acceptors (Lipinski definition) is 4. The maximum Gasteiger partial charge on any atom is 0.227 e. The second-order valence-corrected chi connectivity index (χ2v) is 7.95. The van der Waals surface area contributed by atoms with Gasteiger partial charge in [0.2, 0.25) is 11.8 Å². The Hall–Kier alpha value is -1.99. The van der Waals surface area contributed by atoms with Gasteiger partial charge >= 0.3 is 0 Å². The Balaban J connectivity index is 1.37. The fourth-order valence-corrected chi connectivity index (χ4v) is 4.54. The Bertz CT molecular complexity index is 722. The first-order valence-corrected chi connectivity index (χ1v) is 10.1. The molecule has 0 spiro atoms. The third kappa shape index (κ3) is 4.20. The number of rotatable bonds is 5. The van der Waals surface area contributed by atoms with Gasteiger partial charge in [-0.3, -0.25) is 9.59 Å². The monoisotopic (exact) mass is 390 g/mol. The van der Waals surface area contributed by atoms with Crippen LogP contribution in [0.2, 0.25) is 0 Å². The number of halogens is 1. The summed E-state index contributed by atoms with van der Waals surface area (Å²) in [4.78, 5) is 27.4. The third-order valence-corrected chi connectivity index (χ3v) is 6.10. The number of nitrogens with one attached hydrogen (secondary N) is 1. The number of carbonyl (C=O) groups excluding carboxylic acids is 2. The molecule has 1 aromatic rings. The first-order chi connectivity index (χ1) is 13.6. The van der Waals surface area contributed by atoms with E-state index in [2.05, 4.69) is 5.32 Å². The van der Waals surface area contributed by atoms with Gasteiger partial charge in [0.1, 0.15) is 5.82 Å². The van der Waals surface area contributed by atoms with E-state index in [1.54, 1.807) is 17.0 Å². The molecule has 2 amide bonds. The van der Waals surface area contributed by atoms with Gasteiger partial charge in [-0.1, -0.05) is 12.1 Å². The van der Waals surface area contributed by atoms with Gasteiger partial charge in [-0.15, -0.1) is 0 Å². The molecule has 0 saturated carbocycles. The Morgan fingerprint density at radius 2 is 2.00 bits per heavy atom. The van der Waals surface area contributed by atoms with Crippen LogP contribution in [-0.4, -0.2) is 61.8 Å². The Morgan fingerprint density at radius 1 is 1.18 bits per heavy atom. The van der Waals surface area contributed by atoms with Crippen molar-refractivity contribution in [3.05, 3.63) is 35.6 Å². The number of carbonyl (C=O) groups is 2. The minimum atomic E-state index is -0.348. The zero-order valence-electron chi connectivity index (χ0n) is 15.9. The van der Waals surface area contributed by atoms with Gasteiger partial charge in [0.05, 0.1) is 24.5 Å². The number of nitrogens with zero attached hydrogens (tertiary/aromatic N) is 1. The van der Waals surface area contributed by atoms with Crippen LogP contribution >= 0.6 is 0 Å². The van der Waals surface area contributed by atoms with Crippen LogP contribution in [0.4, 0.5) is 4.39 Å². The highest BCUT2D eigenvalue weighted by molar-refractivity contribution is 5.84.